The molecule has 19 heavy (non-hydrogen) atoms. The first-order valence-corrected chi connectivity index (χ1v) is 6.21. The van der Waals surface area contributed by atoms with Gasteiger partial charge in [-0.3, -0.25) is 0 Å². The molecule has 0 aliphatic rings. The van der Waals surface area contributed by atoms with Crippen molar-refractivity contribution in [3.8, 4) is 11.6 Å². The molecule has 1 aromatic carbocycles. The third-order valence-corrected chi connectivity index (χ3v) is 2.63. The van der Waals surface area contributed by atoms with E-state index >= 15 is 0 Å². The minimum atomic E-state index is 0.491. The van der Waals surface area contributed by atoms with Gasteiger partial charge in [0.1, 0.15) is 17.4 Å². The smallest absolute Gasteiger partial charge is 0.224 e. The fourth-order valence-electron chi connectivity index (χ4n) is 1.87. The van der Waals surface area contributed by atoms with Gasteiger partial charge < -0.3 is 10.2 Å². The van der Waals surface area contributed by atoms with Crippen molar-refractivity contribution in [2.24, 2.45) is 5.84 Å². The van der Waals surface area contributed by atoms with E-state index in [9.17, 15) is 0 Å². The summed E-state index contributed by atoms with van der Waals surface area (Å²) in [5.74, 6) is 7.88. The zero-order chi connectivity index (χ0) is 13.8. The van der Waals surface area contributed by atoms with Crippen LogP contribution in [0.3, 0.4) is 0 Å². The van der Waals surface area contributed by atoms with Crippen LogP contribution in [0.4, 0.5) is 5.82 Å². The van der Waals surface area contributed by atoms with Gasteiger partial charge >= 0.3 is 0 Å². The van der Waals surface area contributed by atoms with Gasteiger partial charge in [-0.15, -0.1) is 0 Å². The minimum absolute atomic E-state index is 0.491. The normalized spacial score (nSPS) is 10.3. The second-order valence-electron chi connectivity index (χ2n) is 4.43. The summed E-state index contributed by atoms with van der Waals surface area (Å²) in [5.41, 5.74) is 4.82. The molecule has 0 spiro atoms. The van der Waals surface area contributed by atoms with E-state index in [-0.39, 0.29) is 0 Å². The maximum Gasteiger partial charge on any atom is 0.224 e. The van der Waals surface area contributed by atoms with Gasteiger partial charge in [-0.05, 0) is 37.1 Å². The van der Waals surface area contributed by atoms with Gasteiger partial charge in [0, 0.05) is 12.5 Å². The first-order chi connectivity index (χ1) is 9.10. The summed E-state index contributed by atoms with van der Waals surface area (Å²) in [5, 5.41) is 0. The fraction of sp³-hybridized carbons (Fsp3) is 0.286. The molecule has 2 aromatic rings. The predicted molar refractivity (Wildman–Crippen MR) is 75.2 cm³/mol. The van der Waals surface area contributed by atoms with Gasteiger partial charge in [-0.2, -0.15) is 4.98 Å². The Kier molecular flexibility index (Phi) is 3.97. The maximum atomic E-state index is 5.78. The van der Waals surface area contributed by atoms with E-state index in [0.29, 0.717) is 17.5 Å². The highest BCUT2D eigenvalue weighted by atomic mass is 16.5. The van der Waals surface area contributed by atoms with Gasteiger partial charge in [0.25, 0.3) is 0 Å². The van der Waals surface area contributed by atoms with Crippen LogP contribution in [-0.4, -0.2) is 9.97 Å². The van der Waals surface area contributed by atoms with E-state index in [1.807, 2.05) is 32.9 Å². The highest BCUT2D eigenvalue weighted by molar-refractivity contribution is 5.40. The summed E-state index contributed by atoms with van der Waals surface area (Å²) >= 11 is 0. The predicted octanol–water partition coefficient (Wildman–Crippen LogP) is 2.73. The highest BCUT2D eigenvalue weighted by Crippen LogP contribution is 2.23. The number of nitrogens with zero attached hydrogens (tertiary/aromatic N) is 2. The number of anilines is 1. The van der Waals surface area contributed by atoms with E-state index < -0.39 is 0 Å². The molecule has 0 atom stereocenters. The van der Waals surface area contributed by atoms with Gasteiger partial charge in [0.15, 0.2) is 0 Å². The maximum absolute atomic E-state index is 5.78. The first-order valence-electron chi connectivity index (χ1n) is 6.21. The lowest BCUT2D eigenvalue weighted by atomic mass is 10.1. The van der Waals surface area contributed by atoms with E-state index in [0.717, 1.165) is 23.3 Å². The number of aryl methyl sites for hydroxylation is 3. The van der Waals surface area contributed by atoms with Crippen LogP contribution in [0, 0.1) is 13.8 Å². The number of nitrogens with two attached hydrogens (primary N) is 1. The molecule has 0 saturated carbocycles. The summed E-state index contributed by atoms with van der Waals surface area (Å²) < 4.78 is 5.78. The monoisotopic (exact) mass is 258 g/mol. The molecule has 0 saturated heterocycles. The van der Waals surface area contributed by atoms with Crippen molar-refractivity contribution in [3.05, 3.63) is 41.2 Å². The zero-order valence-corrected chi connectivity index (χ0v) is 11.4. The molecule has 5 heteroatoms. The Hall–Kier alpha value is -2.14. The average Bonchev–Trinajstić information content (AvgIpc) is 2.37. The summed E-state index contributed by atoms with van der Waals surface area (Å²) in [6, 6.07) is 7.71. The molecule has 0 aliphatic carbocycles. The number of aromatic nitrogens is 2. The summed E-state index contributed by atoms with van der Waals surface area (Å²) in [6.07, 6.45) is 0.721. The lowest BCUT2D eigenvalue weighted by Gasteiger charge is -2.09. The topological polar surface area (TPSA) is 73.1 Å². The van der Waals surface area contributed by atoms with Gasteiger partial charge in [-0.25, -0.2) is 10.8 Å². The molecular formula is C14H18N4O. The lowest BCUT2D eigenvalue weighted by Crippen LogP contribution is -2.10. The van der Waals surface area contributed by atoms with Crippen molar-refractivity contribution in [1.82, 2.24) is 9.97 Å². The van der Waals surface area contributed by atoms with Crippen LogP contribution in [0.5, 0.6) is 11.6 Å². The molecule has 5 nitrogen and oxygen atoms in total. The third kappa shape index (κ3) is 3.42. The van der Waals surface area contributed by atoms with E-state index in [1.165, 1.54) is 0 Å². The molecular weight excluding hydrogens is 240 g/mol. The number of hydrazine groups is 1. The molecule has 1 heterocycles. The Morgan fingerprint density at radius 3 is 2.37 bits per heavy atom. The van der Waals surface area contributed by atoms with Crippen LogP contribution in [-0.2, 0) is 6.42 Å². The van der Waals surface area contributed by atoms with Crippen LogP contribution >= 0.6 is 0 Å². The fourth-order valence-corrected chi connectivity index (χ4v) is 1.87. The van der Waals surface area contributed by atoms with Crippen molar-refractivity contribution in [2.75, 3.05) is 5.43 Å². The SMILES string of the molecule is CCc1nc(NN)cc(Oc2cc(C)cc(C)c2)n1. The molecule has 1 aromatic heterocycles. The summed E-state index contributed by atoms with van der Waals surface area (Å²) in [6.45, 7) is 6.05. The average molecular weight is 258 g/mol. The van der Waals surface area contributed by atoms with Crippen LogP contribution in [0.2, 0.25) is 0 Å². The number of nitrogen functional groups attached to an aromatic ring is 1. The summed E-state index contributed by atoms with van der Waals surface area (Å²) in [4.78, 5) is 8.55. The minimum Gasteiger partial charge on any atom is -0.439 e. The third-order valence-electron chi connectivity index (χ3n) is 2.63. The largest absolute Gasteiger partial charge is 0.439 e. The molecule has 0 fully saturated rings. The Labute approximate surface area is 112 Å². The zero-order valence-electron chi connectivity index (χ0n) is 11.4. The molecule has 2 rings (SSSR count). The Morgan fingerprint density at radius 2 is 1.79 bits per heavy atom. The molecule has 0 amide bonds. The van der Waals surface area contributed by atoms with Gasteiger partial charge in [-0.1, -0.05) is 13.0 Å². The highest BCUT2D eigenvalue weighted by Gasteiger charge is 2.05. The quantitative estimate of drug-likeness (QED) is 0.651. The molecule has 0 radical (unpaired) electrons. The molecule has 3 N–H and O–H groups in total. The lowest BCUT2D eigenvalue weighted by molar-refractivity contribution is 0.458. The number of benzene rings is 1. The van der Waals surface area contributed by atoms with Crippen molar-refractivity contribution in [2.45, 2.75) is 27.2 Å². The van der Waals surface area contributed by atoms with E-state index in [1.54, 1.807) is 6.07 Å². The standard InChI is InChI=1S/C14H18N4O/c1-4-12-16-13(18-15)8-14(17-12)19-11-6-9(2)5-10(3)7-11/h5-8H,4,15H2,1-3H3,(H,16,17,18). The molecule has 100 valence electrons. The van der Waals surface area contributed by atoms with Crippen molar-refractivity contribution >= 4 is 5.82 Å². The molecule has 0 bridgehead atoms. The van der Waals surface area contributed by atoms with Crippen molar-refractivity contribution < 1.29 is 4.74 Å². The Morgan fingerprint density at radius 1 is 1.11 bits per heavy atom. The van der Waals surface area contributed by atoms with Crippen LogP contribution in [0.1, 0.15) is 23.9 Å². The molecule has 0 unspecified atom stereocenters. The van der Waals surface area contributed by atoms with Gasteiger partial charge in [0.2, 0.25) is 5.88 Å². The van der Waals surface area contributed by atoms with Crippen LogP contribution in [0.15, 0.2) is 24.3 Å². The number of nitrogens with one attached hydrogen (secondary N) is 1. The number of ether oxygens (including phenoxy) is 1. The number of rotatable bonds is 4. The number of hydrogen-bond acceptors (Lipinski definition) is 5. The second kappa shape index (κ2) is 5.67. The van der Waals surface area contributed by atoms with Crippen molar-refractivity contribution in [1.29, 1.82) is 0 Å². The number of hydrogen-bond donors (Lipinski definition) is 2. The summed E-state index contributed by atoms with van der Waals surface area (Å²) in [7, 11) is 0. The first kappa shape index (κ1) is 13.3. The molecule has 0 aliphatic heterocycles. The second-order valence-corrected chi connectivity index (χ2v) is 4.43. The van der Waals surface area contributed by atoms with Crippen LogP contribution < -0.4 is 16.0 Å². The van der Waals surface area contributed by atoms with Gasteiger partial charge in [0.05, 0.1) is 0 Å². The van der Waals surface area contributed by atoms with Crippen LogP contribution in [0.25, 0.3) is 0 Å². The van der Waals surface area contributed by atoms with E-state index in [2.05, 4.69) is 21.5 Å². The van der Waals surface area contributed by atoms with Crippen molar-refractivity contribution in [3.63, 3.8) is 0 Å². The van der Waals surface area contributed by atoms with E-state index in [4.69, 9.17) is 10.6 Å². The Bertz CT molecular complexity index is 541. The Balaban J connectivity index is 2.31.